The molecule has 0 aliphatic rings. The summed E-state index contributed by atoms with van der Waals surface area (Å²) in [6, 6.07) is 0. The highest BCUT2D eigenvalue weighted by molar-refractivity contribution is 5.77. The normalized spacial score (nSPS) is 10.4. The lowest BCUT2D eigenvalue weighted by molar-refractivity contribution is 0.940. The molecular weight excluding hydrogens is 110 g/mol. The van der Waals surface area contributed by atoms with Gasteiger partial charge in [-0.15, -0.1) is 0 Å². The van der Waals surface area contributed by atoms with Crippen LogP contribution in [0.25, 0.3) is 0 Å². The predicted molar refractivity (Wildman–Crippen MR) is 43.1 cm³/mol. The summed E-state index contributed by atoms with van der Waals surface area (Å²) >= 11 is 0. The van der Waals surface area contributed by atoms with Crippen LogP contribution in [0.2, 0.25) is 0 Å². The van der Waals surface area contributed by atoms with Gasteiger partial charge in [-0.2, -0.15) is 0 Å². The molecule has 0 radical (unpaired) electrons. The molecule has 0 spiro atoms. The first-order valence-corrected chi connectivity index (χ1v) is 3.48. The lowest BCUT2D eigenvalue weighted by Crippen LogP contribution is -1.81. The van der Waals surface area contributed by atoms with Crippen molar-refractivity contribution in [1.29, 1.82) is 0 Å². The van der Waals surface area contributed by atoms with Gasteiger partial charge < -0.3 is 0 Å². The van der Waals surface area contributed by atoms with Gasteiger partial charge in [0, 0.05) is 12.8 Å². The number of hydrogen-bond acceptors (Lipinski definition) is 1. The van der Waals surface area contributed by atoms with Gasteiger partial charge in [-0.3, -0.25) is 4.99 Å². The number of aliphatic imine (C=N–C) groups is 1. The van der Waals surface area contributed by atoms with Crippen LogP contribution in [-0.2, 0) is 0 Å². The maximum absolute atomic E-state index is 4.07. The highest BCUT2D eigenvalue weighted by Crippen LogP contribution is 1.96. The molecule has 0 aliphatic heterocycles. The molecule has 1 nitrogen and oxygen atoms in total. The average Bonchev–Trinajstić information content (AvgIpc) is 1.85. The molecule has 0 amide bonds. The standard InChI is InChI=1S/C8H15N/c1-4-6-8(3)7-9-5-2/h7H,3-6H2,1-2H3/b9-7-. The van der Waals surface area contributed by atoms with Crippen LogP contribution in [0.4, 0.5) is 0 Å². The molecule has 0 aromatic heterocycles. The van der Waals surface area contributed by atoms with Crippen molar-refractivity contribution in [3.8, 4) is 0 Å². The summed E-state index contributed by atoms with van der Waals surface area (Å²) in [6.45, 7) is 8.86. The zero-order chi connectivity index (χ0) is 7.11. The Hall–Kier alpha value is -0.590. The molecule has 0 atom stereocenters. The van der Waals surface area contributed by atoms with Crippen LogP contribution in [-0.4, -0.2) is 12.8 Å². The van der Waals surface area contributed by atoms with E-state index in [2.05, 4.69) is 18.5 Å². The van der Waals surface area contributed by atoms with Crippen molar-refractivity contribution in [3.05, 3.63) is 12.2 Å². The van der Waals surface area contributed by atoms with Crippen LogP contribution in [0.3, 0.4) is 0 Å². The molecule has 0 saturated carbocycles. The van der Waals surface area contributed by atoms with Crippen molar-refractivity contribution in [2.75, 3.05) is 6.54 Å². The van der Waals surface area contributed by atoms with Crippen molar-refractivity contribution in [3.63, 3.8) is 0 Å². The molecule has 0 saturated heterocycles. The first-order chi connectivity index (χ1) is 4.31. The van der Waals surface area contributed by atoms with Crippen molar-refractivity contribution < 1.29 is 0 Å². The van der Waals surface area contributed by atoms with Gasteiger partial charge in [0.15, 0.2) is 0 Å². The smallest absolute Gasteiger partial charge is 0.0361 e. The van der Waals surface area contributed by atoms with E-state index in [1.54, 1.807) is 0 Å². The predicted octanol–water partition coefficient (Wildman–Crippen LogP) is 2.43. The molecule has 0 aromatic carbocycles. The summed E-state index contributed by atoms with van der Waals surface area (Å²) < 4.78 is 0. The van der Waals surface area contributed by atoms with E-state index < -0.39 is 0 Å². The third-order valence-corrected chi connectivity index (χ3v) is 1.03. The van der Waals surface area contributed by atoms with Gasteiger partial charge in [0.1, 0.15) is 0 Å². The van der Waals surface area contributed by atoms with Gasteiger partial charge >= 0.3 is 0 Å². The summed E-state index contributed by atoms with van der Waals surface area (Å²) in [5, 5.41) is 0. The van der Waals surface area contributed by atoms with E-state index in [0.29, 0.717) is 0 Å². The molecule has 9 heavy (non-hydrogen) atoms. The van der Waals surface area contributed by atoms with E-state index in [-0.39, 0.29) is 0 Å². The Kier molecular flexibility index (Phi) is 5.18. The number of hydrogen-bond donors (Lipinski definition) is 0. The van der Waals surface area contributed by atoms with Gasteiger partial charge in [0.25, 0.3) is 0 Å². The van der Waals surface area contributed by atoms with E-state index in [1.165, 1.54) is 0 Å². The summed E-state index contributed by atoms with van der Waals surface area (Å²) in [5.74, 6) is 0. The maximum atomic E-state index is 4.07. The number of rotatable bonds is 4. The van der Waals surface area contributed by atoms with E-state index in [1.807, 2.05) is 13.1 Å². The minimum absolute atomic E-state index is 0.864. The lowest BCUT2D eigenvalue weighted by atomic mass is 10.2. The SMILES string of the molecule is C=C(/C=N\CC)CCC. The Balaban J connectivity index is 3.37. The third kappa shape index (κ3) is 5.28. The first kappa shape index (κ1) is 8.41. The highest BCUT2D eigenvalue weighted by atomic mass is 14.7. The van der Waals surface area contributed by atoms with Gasteiger partial charge in [-0.25, -0.2) is 0 Å². The van der Waals surface area contributed by atoms with Gasteiger partial charge in [-0.1, -0.05) is 19.9 Å². The minimum Gasteiger partial charge on any atom is -0.293 e. The van der Waals surface area contributed by atoms with Crippen LogP contribution in [0.15, 0.2) is 17.1 Å². The molecular formula is C8H15N. The van der Waals surface area contributed by atoms with Crippen LogP contribution in [0.5, 0.6) is 0 Å². The van der Waals surface area contributed by atoms with E-state index >= 15 is 0 Å². The Labute approximate surface area is 57.5 Å². The topological polar surface area (TPSA) is 12.4 Å². The second kappa shape index (κ2) is 5.54. The van der Waals surface area contributed by atoms with Crippen molar-refractivity contribution in [2.24, 2.45) is 4.99 Å². The fourth-order valence-electron chi connectivity index (χ4n) is 0.606. The molecule has 1 heteroatoms. The number of nitrogens with zero attached hydrogens (tertiary/aromatic N) is 1. The Morgan fingerprint density at radius 3 is 2.67 bits per heavy atom. The largest absolute Gasteiger partial charge is 0.293 e. The molecule has 0 heterocycles. The van der Waals surface area contributed by atoms with Crippen molar-refractivity contribution in [1.82, 2.24) is 0 Å². The van der Waals surface area contributed by atoms with Crippen molar-refractivity contribution >= 4 is 6.21 Å². The summed E-state index contributed by atoms with van der Waals surface area (Å²) in [5.41, 5.74) is 1.14. The van der Waals surface area contributed by atoms with Gasteiger partial charge in [-0.05, 0) is 18.9 Å². The highest BCUT2D eigenvalue weighted by Gasteiger charge is 1.83. The quantitative estimate of drug-likeness (QED) is 0.512. The fraction of sp³-hybridized carbons (Fsp3) is 0.625. The Morgan fingerprint density at radius 1 is 1.56 bits per heavy atom. The van der Waals surface area contributed by atoms with E-state index in [4.69, 9.17) is 0 Å². The second-order valence-corrected chi connectivity index (χ2v) is 2.04. The van der Waals surface area contributed by atoms with Crippen LogP contribution in [0.1, 0.15) is 26.7 Å². The van der Waals surface area contributed by atoms with Crippen LogP contribution >= 0.6 is 0 Å². The molecule has 0 aliphatic carbocycles. The van der Waals surface area contributed by atoms with E-state index in [0.717, 1.165) is 25.0 Å². The third-order valence-electron chi connectivity index (χ3n) is 1.03. The maximum Gasteiger partial charge on any atom is 0.0361 e. The molecule has 52 valence electrons. The molecule has 0 unspecified atom stereocenters. The Bertz CT molecular complexity index is 103. The monoisotopic (exact) mass is 125 g/mol. The van der Waals surface area contributed by atoms with Gasteiger partial charge in [0.2, 0.25) is 0 Å². The first-order valence-electron chi connectivity index (χ1n) is 3.48. The lowest BCUT2D eigenvalue weighted by Gasteiger charge is -1.91. The van der Waals surface area contributed by atoms with E-state index in [9.17, 15) is 0 Å². The van der Waals surface area contributed by atoms with Crippen molar-refractivity contribution in [2.45, 2.75) is 26.7 Å². The van der Waals surface area contributed by atoms with Gasteiger partial charge in [0.05, 0.1) is 0 Å². The fourth-order valence-corrected chi connectivity index (χ4v) is 0.606. The molecule has 0 aromatic rings. The summed E-state index contributed by atoms with van der Waals surface area (Å²) in [7, 11) is 0. The summed E-state index contributed by atoms with van der Waals surface area (Å²) in [4.78, 5) is 4.07. The zero-order valence-corrected chi connectivity index (χ0v) is 6.35. The average molecular weight is 125 g/mol. The van der Waals surface area contributed by atoms with Crippen LogP contribution < -0.4 is 0 Å². The molecule has 0 N–H and O–H groups in total. The molecule has 0 rings (SSSR count). The van der Waals surface area contributed by atoms with Crippen LogP contribution in [0, 0.1) is 0 Å². The summed E-state index contributed by atoms with van der Waals surface area (Å²) in [6.07, 6.45) is 4.10. The number of allylic oxidation sites excluding steroid dienone is 1. The zero-order valence-electron chi connectivity index (χ0n) is 6.35. The second-order valence-electron chi connectivity index (χ2n) is 2.04. The Morgan fingerprint density at radius 2 is 2.22 bits per heavy atom. The minimum atomic E-state index is 0.864. The molecule has 0 bridgehead atoms. The molecule has 0 fully saturated rings.